The van der Waals surface area contributed by atoms with Crippen LogP contribution < -0.4 is 5.73 Å². The van der Waals surface area contributed by atoms with Crippen molar-refractivity contribution in [2.45, 2.75) is 17.5 Å². The van der Waals surface area contributed by atoms with Crippen LogP contribution in [0.2, 0.25) is 0 Å². The third-order valence-electron chi connectivity index (χ3n) is 2.42. The predicted octanol–water partition coefficient (Wildman–Crippen LogP) is 0.149. The Morgan fingerprint density at radius 1 is 1.35 bits per heavy atom. The van der Waals surface area contributed by atoms with E-state index in [1.54, 1.807) is 24.3 Å². The summed E-state index contributed by atoms with van der Waals surface area (Å²) in [6.07, 6.45) is 0. The van der Waals surface area contributed by atoms with Crippen molar-refractivity contribution < 1.29 is 14.7 Å². The molecule has 0 spiro atoms. The van der Waals surface area contributed by atoms with E-state index in [0.29, 0.717) is 16.5 Å². The number of thioether (sulfide) groups is 1. The Morgan fingerprint density at radius 2 is 2.10 bits per heavy atom. The monoisotopic (exact) mass is 293 g/mol. The first-order valence-electron chi connectivity index (χ1n) is 5.56. The maximum atomic E-state index is 11.3. The molecule has 0 aliphatic rings. The summed E-state index contributed by atoms with van der Waals surface area (Å²) < 4.78 is 1.18. The van der Waals surface area contributed by atoms with Crippen LogP contribution in [-0.2, 0) is 17.1 Å². The van der Waals surface area contributed by atoms with Gasteiger partial charge in [0.1, 0.15) is 6.54 Å². The Morgan fingerprint density at radius 3 is 2.80 bits per heavy atom. The number of carbonyl (C=O) groups excluding carboxylic acids is 1. The minimum absolute atomic E-state index is 0.313. The standard InChI is InChI=1S/C11H11N5O3S/c12-10(19)8-4-2-1-3-7(8)6-20-11-13-14-15-16(11)5-9(17)18/h1-4H,5-6H2,(H2,12,19)(H,17,18). The first-order valence-corrected chi connectivity index (χ1v) is 6.55. The van der Waals surface area contributed by atoms with Gasteiger partial charge in [-0.15, -0.1) is 5.10 Å². The van der Waals surface area contributed by atoms with Gasteiger partial charge in [-0.25, -0.2) is 4.68 Å². The molecule has 0 saturated heterocycles. The highest BCUT2D eigenvalue weighted by Gasteiger charge is 2.12. The normalized spacial score (nSPS) is 10.4. The molecule has 0 fully saturated rings. The summed E-state index contributed by atoms with van der Waals surface area (Å²) in [5, 5.41) is 19.9. The van der Waals surface area contributed by atoms with Crippen LogP contribution in [0.15, 0.2) is 29.4 Å². The van der Waals surface area contributed by atoms with E-state index in [2.05, 4.69) is 15.5 Å². The lowest BCUT2D eigenvalue weighted by atomic mass is 10.1. The summed E-state index contributed by atoms with van der Waals surface area (Å²) >= 11 is 1.24. The Bertz CT molecular complexity index is 642. The van der Waals surface area contributed by atoms with Crippen LogP contribution in [-0.4, -0.2) is 37.2 Å². The van der Waals surface area contributed by atoms with Crippen molar-refractivity contribution >= 4 is 23.6 Å². The Labute approximate surface area is 118 Å². The lowest BCUT2D eigenvalue weighted by molar-refractivity contribution is -0.138. The Hall–Kier alpha value is -2.42. The van der Waals surface area contributed by atoms with Gasteiger partial charge in [-0.2, -0.15) is 0 Å². The molecule has 0 saturated carbocycles. The molecule has 3 N–H and O–H groups in total. The van der Waals surface area contributed by atoms with Gasteiger partial charge in [-0.1, -0.05) is 30.0 Å². The van der Waals surface area contributed by atoms with E-state index >= 15 is 0 Å². The van der Waals surface area contributed by atoms with Crippen LogP contribution in [0.5, 0.6) is 0 Å². The van der Waals surface area contributed by atoms with Gasteiger partial charge in [0.05, 0.1) is 0 Å². The first-order chi connectivity index (χ1) is 9.58. The fraction of sp³-hybridized carbons (Fsp3) is 0.182. The van der Waals surface area contributed by atoms with E-state index in [-0.39, 0.29) is 6.54 Å². The summed E-state index contributed by atoms with van der Waals surface area (Å²) in [7, 11) is 0. The summed E-state index contributed by atoms with van der Waals surface area (Å²) in [6.45, 7) is -0.313. The Kier molecular flexibility index (Phi) is 4.31. The van der Waals surface area contributed by atoms with Gasteiger partial charge in [0, 0.05) is 11.3 Å². The minimum Gasteiger partial charge on any atom is -0.480 e. The number of aromatic nitrogens is 4. The van der Waals surface area contributed by atoms with Crippen molar-refractivity contribution in [3.63, 3.8) is 0 Å². The lowest BCUT2D eigenvalue weighted by Crippen LogP contribution is -2.13. The van der Waals surface area contributed by atoms with Crippen molar-refractivity contribution in [1.82, 2.24) is 20.2 Å². The zero-order valence-electron chi connectivity index (χ0n) is 10.3. The average molecular weight is 293 g/mol. The fourth-order valence-corrected chi connectivity index (χ4v) is 2.44. The molecule has 0 radical (unpaired) electrons. The molecule has 0 unspecified atom stereocenters. The fourth-order valence-electron chi connectivity index (χ4n) is 1.56. The van der Waals surface area contributed by atoms with E-state index < -0.39 is 11.9 Å². The van der Waals surface area contributed by atoms with Gasteiger partial charge in [-0.3, -0.25) is 9.59 Å². The molecule has 9 heteroatoms. The SMILES string of the molecule is NC(=O)c1ccccc1CSc1nnnn1CC(=O)O. The number of carboxylic acid groups (broad SMARTS) is 1. The molecule has 1 amide bonds. The summed E-state index contributed by atoms with van der Waals surface area (Å²) in [5.74, 6) is -1.12. The third kappa shape index (κ3) is 3.32. The number of primary amides is 1. The molecule has 1 aromatic carbocycles. The highest BCUT2D eigenvalue weighted by molar-refractivity contribution is 7.98. The summed E-state index contributed by atoms with van der Waals surface area (Å²) in [4.78, 5) is 21.9. The maximum Gasteiger partial charge on any atom is 0.325 e. The minimum atomic E-state index is -1.03. The molecular weight excluding hydrogens is 282 g/mol. The highest BCUT2D eigenvalue weighted by Crippen LogP contribution is 2.22. The van der Waals surface area contributed by atoms with Crippen LogP contribution >= 0.6 is 11.8 Å². The van der Waals surface area contributed by atoms with E-state index in [1.165, 1.54) is 16.4 Å². The molecule has 0 aliphatic carbocycles. The number of tetrazole rings is 1. The van der Waals surface area contributed by atoms with E-state index in [0.717, 1.165) is 5.56 Å². The van der Waals surface area contributed by atoms with Gasteiger partial charge in [0.15, 0.2) is 0 Å². The zero-order valence-corrected chi connectivity index (χ0v) is 11.1. The maximum absolute atomic E-state index is 11.3. The van der Waals surface area contributed by atoms with Crippen LogP contribution in [0.25, 0.3) is 0 Å². The highest BCUT2D eigenvalue weighted by atomic mass is 32.2. The van der Waals surface area contributed by atoms with Gasteiger partial charge >= 0.3 is 5.97 Å². The van der Waals surface area contributed by atoms with Crippen molar-refractivity contribution in [3.05, 3.63) is 35.4 Å². The molecule has 1 aromatic heterocycles. The third-order valence-corrected chi connectivity index (χ3v) is 3.43. The number of hydrogen-bond donors (Lipinski definition) is 2. The van der Waals surface area contributed by atoms with Crippen LogP contribution in [0.3, 0.4) is 0 Å². The molecular formula is C11H11N5O3S. The smallest absolute Gasteiger partial charge is 0.325 e. The molecule has 104 valence electrons. The number of carboxylic acids is 1. The van der Waals surface area contributed by atoms with Crippen LogP contribution in [0.4, 0.5) is 0 Å². The van der Waals surface area contributed by atoms with Crippen LogP contribution in [0.1, 0.15) is 15.9 Å². The predicted molar refractivity (Wildman–Crippen MR) is 70.0 cm³/mol. The molecule has 0 bridgehead atoms. The number of nitrogens with two attached hydrogens (primary N) is 1. The second-order valence-corrected chi connectivity index (χ2v) is 4.77. The number of nitrogens with zero attached hydrogens (tertiary/aromatic N) is 4. The van der Waals surface area contributed by atoms with Crippen molar-refractivity contribution in [3.8, 4) is 0 Å². The second kappa shape index (κ2) is 6.15. The number of rotatable bonds is 6. The molecule has 0 atom stereocenters. The molecule has 2 rings (SSSR count). The first kappa shape index (κ1) is 14.0. The second-order valence-electron chi connectivity index (χ2n) is 3.82. The molecule has 8 nitrogen and oxygen atoms in total. The number of hydrogen-bond acceptors (Lipinski definition) is 6. The van der Waals surface area contributed by atoms with Crippen molar-refractivity contribution in [2.75, 3.05) is 0 Å². The Balaban J connectivity index is 2.11. The topological polar surface area (TPSA) is 124 Å². The number of aliphatic carboxylic acids is 1. The van der Waals surface area contributed by atoms with Crippen molar-refractivity contribution in [1.29, 1.82) is 0 Å². The lowest BCUT2D eigenvalue weighted by Gasteiger charge is -2.05. The molecule has 20 heavy (non-hydrogen) atoms. The van der Waals surface area contributed by atoms with Gasteiger partial charge < -0.3 is 10.8 Å². The van der Waals surface area contributed by atoms with Crippen molar-refractivity contribution in [2.24, 2.45) is 5.73 Å². The number of amides is 1. The van der Waals surface area contributed by atoms with Gasteiger partial charge in [0.25, 0.3) is 0 Å². The molecule has 1 heterocycles. The van der Waals surface area contributed by atoms with Gasteiger partial charge in [-0.05, 0) is 22.1 Å². The average Bonchev–Trinajstić information content (AvgIpc) is 2.83. The van der Waals surface area contributed by atoms with E-state index in [4.69, 9.17) is 10.8 Å². The zero-order chi connectivity index (χ0) is 14.5. The summed E-state index contributed by atoms with van der Waals surface area (Å²) in [5.41, 5.74) is 6.46. The molecule has 0 aliphatic heterocycles. The summed E-state index contributed by atoms with van der Waals surface area (Å²) in [6, 6.07) is 6.93. The van der Waals surface area contributed by atoms with Gasteiger partial charge in [0.2, 0.25) is 11.1 Å². The van der Waals surface area contributed by atoms with E-state index in [9.17, 15) is 9.59 Å². The number of benzene rings is 1. The van der Waals surface area contributed by atoms with Crippen LogP contribution in [0, 0.1) is 0 Å². The molecule has 2 aromatic rings. The van der Waals surface area contributed by atoms with E-state index in [1.807, 2.05) is 0 Å². The quantitative estimate of drug-likeness (QED) is 0.726. The number of carbonyl (C=O) groups is 2. The largest absolute Gasteiger partial charge is 0.480 e.